The Morgan fingerprint density at radius 3 is 2.59 bits per heavy atom. The van der Waals surface area contributed by atoms with Crippen LogP contribution in [0.5, 0.6) is 11.5 Å². The number of hydrogen-bond acceptors (Lipinski definition) is 5. The van der Waals surface area contributed by atoms with E-state index in [2.05, 4.69) is 21.8 Å². The second-order valence-corrected chi connectivity index (χ2v) is 8.03. The van der Waals surface area contributed by atoms with Crippen LogP contribution in [0, 0.1) is 24.7 Å². The largest absolute Gasteiger partial charge is 0.506 e. The molecule has 0 aromatic carbocycles. The van der Waals surface area contributed by atoms with Gasteiger partial charge in [0.2, 0.25) is 0 Å². The minimum Gasteiger partial charge on any atom is -0.506 e. The smallest absolute Gasteiger partial charge is 0.255 e. The van der Waals surface area contributed by atoms with Gasteiger partial charge in [-0.15, -0.1) is 0 Å². The Hall–Kier alpha value is -2.21. The lowest BCUT2D eigenvalue weighted by Gasteiger charge is -2.23. The Kier molecular flexibility index (Phi) is 5.00. The molecular weight excluding hydrogens is 345 g/mol. The van der Waals surface area contributed by atoms with E-state index >= 15 is 0 Å². The number of aryl methyl sites for hydroxylation is 1. The maximum atomic E-state index is 13.9. The normalized spacial score (nSPS) is 26.1. The molecule has 2 unspecified atom stereocenters. The lowest BCUT2D eigenvalue weighted by molar-refractivity contribution is 0.175. The first-order valence-corrected chi connectivity index (χ1v) is 9.65. The fourth-order valence-corrected chi connectivity index (χ4v) is 4.54. The molecule has 1 aliphatic heterocycles. The molecule has 5 nitrogen and oxygen atoms in total. The van der Waals surface area contributed by atoms with Gasteiger partial charge in [0, 0.05) is 36.9 Å². The van der Waals surface area contributed by atoms with Crippen molar-refractivity contribution in [2.45, 2.75) is 38.7 Å². The van der Waals surface area contributed by atoms with Gasteiger partial charge in [-0.1, -0.05) is 6.92 Å². The minimum atomic E-state index is -0.510. The number of ether oxygens (including phenoxy) is 1. The van der Waals surface area contributed by atoms with Gasteiger partial charge in [-0.25, -0.2) is 4.98 Å². The first-order chi connectivity index (χ1) is 13.0. The lowest BCUT2D eigenvalue weighted by Crippen LogP contribution is -2.28. The molecule has 2 fully saturated rings. The molecule has 4 rings (SSSR count). The number of rotatable bonds is 5. The predicted octanol–water partition coefficient (Wildman–Crippen LogP) is 3.52. The van der Waals surface area contributed by atoms with Crippen molar-refractivity contribution >= 4 is 0 Å². The summed E-state index contributed by atoms with van der Waals surface area (Å²) in [6.07, 6.45) is 3.53. The molecule has 1 saturated carbocycles. The number of fused-ring (bicyclic) bond motifs is 1. The highest BCUT2D eigenvalue weighted by atomic mass is 19.1. The van der Waals surface area contributed by atoms with E-state index in [9.17, 15) is 9.50 Å². The SMILES string of the molecule is Cc1ccc(OC2C[C@@H]3CN(CC(C)c4ccc(O)cn4)C[C@@H]3C2)c(F)n1. The summed E-state index contributed by atoms with van der Waals surface area (Å²) in [5.41, 5.74) is 1.67. The first kappa shape index (κ1) is 18.2. The van der Waals surface area contributed by atoms with Gasteiger partial charge in [-0.3, -0.25) is 4.98 Å². The van der Waals surface area contributed by atoms with E-state index in [-0.39, 0.29) is 17.6 Å². The Labute approximate surface area is 159 Å². The Morgan fingerprint density at radius 1 is 1.22 bits per heavy atom. The minimum absolute atomic E-state index is 0.0809. The van der Waals surface area contributed by atoms with Crippen LogP contribution in [0.1, 0.15) is 37.1 Å². The zero-order valence-corrected chi connectivity index (χ0v) is 15.8. The van der Waals surface area contributed by atoms with Crippen LogP contribution in [0.4, 0.5) is 4.39 Å². The van der Waals surface area contributed by atoms with Gasteiger partial charge in [0.25, 0.3) is 5.95 Å². The highest BCUT2D eigenvalue weighted by molar-refractivity contribution is 5.22. The third kappa shape index (κ3) is 4.05. The highest BCUT2D eigenvalue weighted by Gasteiger charge is 2.42. The molecular formula is C21H26FN3O2. The van der Waals surface area contributed by atoms with Crippen LogP contribution >= 0.6 is 0 Å². The van der Waals surface area contributed by atoms with E-state index < -0.39 is 5.95 Å². The molecule has 27 heavy (non-hydrogen) atoms. The molecule has 0 radical (unpaired) electrons. The molecule has 2 aromatic rings. The van der Waals surface area contributed by atoms with E-state index in [1.54, 1.807) is 25.1 Å². The Morgan fingerprint density at radius 2 is 1.96 bits per heavy atom. The number of aromatic hydroxyl groups is 1. The molecule has 6 heteroatoms. The Bertz CT molecular complexity index is 785. The third-order valence-electron chi connectivity index (χ3n) is 5.84. The number of halogens is 1. The van der Waals surface area contributed by atoms with Gasteiger partial charge >= 0.3 is 0 Å². The van der Waals surface area contributed by atoms with Crippen LogP contribution in [0.15, 0.2) is 30.5 Å². The fourth-order valence-electron chi connectivity index (χ4n) is 4.54. The van der Waals surface area contributed by atoms with Gasteiger partial charge in [0.15, 0.2) is 5.75 Å². The molecule has 1 saturated heterocycles. The zero-order valence-electron chi connectivity index (χ0n) is 15.8. The van der Waals surface area contributed by atoms with E-state index in [0.29, 0.717) is 23.4 Å². The van der Waals surface area contributed by atoms with Gasteiger partial charge in [-0.2, -0.15) is 4.39 Å². The van der Waals surface area contributed by atoms with Crippen LogP contribution in [-0.2, 0) is 0 Å². The second kappa shape index (κ2) is 7.43. The summed E-state index contributed by atoms with van der Waals surface area (Å²) in [6, 6.07) is 7.06. The molecule has 3 heterocycles. The molecule has 1 aliphatic carbocycles. The van der Waals surface area contributed by atoms with Crippen molar-refractivity contribution in [3.8, 4) is 11.5 Å². The molecule has 2 aliphatic rings. The topological polar surface area (TPSA) is 58.5 Å². The van der Waals surface area contributed by atoms with Gasteiger partial charge in [0.1, 0.15) is 5.75 Å². The van der Waals surface area contributed by atoms with Crippen molar-refractivity contribution in [1.29, 1.82) is 0 Å². The van der Waals surface area contributed by atoms with Gasteiger partial charge < -0.3 is 14.7 Å². The quantitative estimate of drug-likeness (QED) is 0.815. The zero-order chi connectivity index (χ0) is 19.0. The molecule has 4 atom stereocenters. The predicted molar refractivity (Wildman–Crippen MR) is 100 cm³/mol. The lowest BCUT2D eigenvalue weighted by atomic mass is 10.0. The van der Waals surface area contributed by atoms with Crippen molar-refractivity contribution in [3.05, 3.63) is 47.8 Å². The molecule has 0 bridgehead atoms. The van der Waals surface area contributed by atoms with E-state index in [1.165, 1.54) is 6.20 Å². The number of aromatic nitrogens is 2. The van der Waals surface area contributed by atoms with Crippen LogP contribution in [0.3, 0.4) is 0 Å². The average molecular weight is 371 g/mol. The summed E-state index contributed by atoms with van der Waals surface area (Å²) >= 11 is 0. The molecule has 0 spiro atoms. The van der Waals surface area contributed by atoms with Crippen LogP contribution in [0.2, 0.25) is 0 Å². The summed E-state index contributed by atoms with van der Waals surface area (Å²) in [7, 11) is 0. The first-order valence-electron chi connectivity index (χ1n) is 9.65. The Balaban J connectivity index is 1.29. The maximum Gasteiger partial charge on any atom is 0.255 e. The fraction of sp³-hybridized carbons (Fsp3) is 0.524. The van der Waals surface area contributed by atoms with E-state index in [0.717, 1.165) is 38.2 Å². The molecule has 2 aromatic heterocycles. The molecule has 1 N–H and O–H groups in total. The van der Waals surface area contributed by atoms with Gasteiger partial charge in [0.05, 0.1) is 12.3 Å². The van der Waals surface area contributed by atoms with E-state index in [4.69, 9.17) is 4.74 Å². The third-order valence-corrected chi connectivity index (χ3v) is 5.84. The van der Waals surface area contributed by atoms with E-state index in [1.807, 2.05) is 6.07 Å². The van der Waals surface area contributed by atoms with Crippen molar-refractivity contribution < 1.29 is 14.2 Å². The second-order valence-electron chi connectivity index (χ2n) is 8.03. The van der Waals surface area contributed by atoms with Crippen LogP contribution in [-0.4, -0.2) is 45.7 Å². The summed E-state index contributed by atoms with van der Waals surface area (Å²) in [5, 5.41) is 9.38. The van der Waals surface area contributed by atoms with Crippen LogP contribution < -0.4 is 4.74 Å². The van der Waals surface area contributed by atoms with Crippen molar-refractivity contribution in [3.63, 3.8) is 0 Å². The number of pyridine rings is 2. The summed E-state index contributed by atoms with van der Waals surface area (Å²) in [4.78, 5) is 10.7. The number of hydrogen-bond donors (Lipinski definition) is 1. The summed E-state index contributed by atoms with van der Waals surface area (Å²) < 4.78 is 19.8. The maximum absolute atomic E-state index is 13.9. The van der Waals surface area contributed by atoms with Crippen molar-refractivity contribution in [2.75, 3.05) is 19.6 Å². The summed E-state index contributed by atoms with van der Waals surface area (Å²) in [5.74, 6) is 1.50. The number of nitrogens with zero attached hydrogens (tertiary/aromatic N) is 3. The standard InChI is InChI=1S/C21H26FN3O2/c1-13(19-5-4-17(26)9-23-19)10-25-11-15-7-18(8-16(15)12-25)27-20-6-3-14(2)24-21(20)22/h3-6,9,13,15-16,18,26H,7-8,10-12H2,1-2H3/t13?,15-,16+,18?. The number of likely N-dealkylation sites (tertiary alicyclic amines) is 1. The highest BCUT2D eigenvalue weighted by Crippen LogP contribution is 2.40. The van der Waals surface area contributed by atoms with Crippen molar-refractivity contribution in [2.24, 2.45) is 11.8 Å². The monoisotopic (exact) mass is 371 g/mol. The molecule has 144 valence electrons. The van der Waals surface area contributed by atoms with Crippen LogP contribution in [0.25, 0.3) is 0 Å². The summed E-state index contributed by atoms with van der Waals surface area (Å²) in [6.45, 7) is 7.03. The van der Waals surface area contributed by atoms with Crippen molar-refractivity contribution in [1.82, 2.24) is 14.9 Å². The molecule has 0 amide bonds. The van der Waals surface area contributed by atoms with Gasteiger partial charge in [-0.05, 0) is 55.9 Å². The average Bonchev–Trinajstić information content (AvgIpc) is 3.15.